The largest absolute Gasteiger partial charge is 0.497 e. The smallest absolute Gasteiger partial charge is 0.118 e. The molecular formula is C17H28N2O. The van der Waals surface area contributed by atoms with Crippen molar-refractivity contribution in [2.45, 2.75) is 38.6 Å². The van der Waals surface area contributed by atoms with Gasteiger partial charge in [-0.05, 0) is 75.9 Å². The molecule has 2 rings (SSSR count). The van der Waals surface area contributed by atoms with Crippen molar-refractivity contribution in [1.29, 1.82) is 0 Å². The molecule has 1 saturated heterocycles. The van der Waals surface area contributed by atoms with Crippen molar-refractivity contribution < 1.29 is 4.74 Å². The van der Waals surface area contributed by atoms with E-state index >= 15 is 0 Å². The second kappa shape index (κ2) is 7.09. The topological polar surface area (TPSA) is 38.5 Å². The lowest BCUT2D eigenvalue weighted by Gasteiger charge is -2.38. The number of hydrogen-bond acceptors (Lipinski definition) is 3. The van der Waals surface area contributed by atoms with E-state index in [1.54, 1.807) is 7.11 Å². The van der Waals surface area contributed by atoms with Gasteiger partial charge >= 0.3 is 0 Å². The normalized spacial score (nSPS) is 19.2. The van der Waals surface area contributed by atoms with Gasteiger partial charge in [0.25, 0.3) is 0 Å². The highest BCUT2D eigenvalue weighted by Gasteiger charge is 2.27. The van der Waals surface area contributed by atoms with E-state index in [1.165, 1.54) is 31.5 Å². The maximum absolute atomic E-state index is 6.06. The van der Waals surface area contributed by atoms with E-state index in [1.807, 2.05) is 12.1 Å². The summed E-state index contributed by atoms with van der Waals surface area (Å²) in [6.45, 7) is 7.71. The summed E-state index contributed by atoms with van der Waals surface area (Å²) in [5, 5.41) is 0. The molecule has 0 aromatic heterocycles. The second-order valence-corrected chi connectivity index (χ2v) is 6.08. The predicted molar refractivity (Wildman–Crippen MR) is 84.2 cm³/mol. The van der Waals surface area contributed by atoms with Crippen LogP contribution in [0, 0.1) is 5.92 Å². The number of ether oxygens (including phenoxy) is 1. The zero-order valence-corrected chi connectivity index (χ0v) is 13.0. The molecule has 3 heteroatoms. The highest BCUT2D eigenvalue weighted by atomic mass is 16.5. The van der Waals surface area contributed by atoms with E-state index in [4.69, 9.17) is 10.5 Å². The Balaban J connectivity index is 2.01. The molecule has 112 valence electrons. The first-order chi connectivity index (χ1) is 9.65. The van der Waals surface area contributed by atoms with Gasteiger partial charge in [0.2, 0.25) is 0 Å². The van der Waals surface area contributed by atoms with Crippen LogP contribution in [0.15, 0.2) is 24.3 Å². The molecule has 3 nitrogen and oxygen atoms in total. The number of rotatable bonds is 5. The quantitative estimate of drug-likeness (QED) is 0.898. The van der Waals surface area contributed by atoms with E-state index in [0.29, 0.717) is 17.9 Å². The van der Waals surface area contributed by atoms with E-state index in [9.17, 15) is 0 Å². The first-order valence-electron chi connectivity index (χ1n) is 7.73. The molecule has 0 aliphatic carbocycles. The standard InChI is InChI=1S/C17H28N2O/c1-13(2)19-10-8-15(9-11-19)17(12-18)14-4-6-16(20-3)7-5-14/h4-7,13,15,17H,8-12,18H2,1-3H3. The Bertz CT molecular complexity index is 394. The first-order valence-corrected chi connectivity index (χ1v) is 7.73. The second-order valence-electron chi connectivity index (χ2n) is 6.08. The molecular weight excluding hydrogens is 248 g/mol. The minimum Gasteiger partial charge on any atom is -0.497 e. The Morgan fingerprint density at radius 2 is 1.80 bits per heavy atom. The number of piperidine rings is 1. The van der Waals surface area contributed by atoms with Crippen molar-refractivity contribution in [2.75, 3.05) is 26.7 Å². The summed E-state index contributed by atoms with van der Waals surface area (Å²) in [5.74, 6) is 2.11. The average molecular weight is 276 g/mol. The van der Waals surface area contributed by atoms with Crippen LogP contribution in [0.1, 0.15) is 38.2 Å². The van der Waals surface area contributed by atoms with Gasteiger partial charge in [-0.2, -0.15) is 0 Å². The molecule has 1 aromatic carbocycles. The lowest BCUT2D eigenvalue weighted by molar-refractivity contribution is 0.138. The minimum absolute atomic E-state index is 0.482. The third-order valence-electron chi connectivity index (χ3n) is 4.67. The Labute approximate surface area is 123 Å². The third kappa shape index (κ3) is 3.53. The average Bonchev–Trinajstić information content (AvgIpc) is 2.49. The fourth-order valence-corrected chi connectivity index (χ4v) is 3.29. The van der Waals surface area contributed by atoms with Crippen molar-refractivity contribution in [3.05, 3.63) is 29.8 Å². The monoisotopic (exact) mass is 276 g/mol. The van der Waals surface area contributed by atoms with Crippen LogP contribution in [-0.4, -0.2) is 37.7 Å². The molecule has 0 bridgehead atoms. The van der Waals surface area contributed by atoms with Gasteiger partial charge < -0.3 is 15.4 Å². The summed E-state index contributed by atoms with van der Waals surface area (Å²) in [6.07, 6.45) is 2.51. The van der Waals surface area contributed by atoms with Crippen LogP contribution in [0.2, 0.25) is 0 Å². The van der Waals surface area contributed by atoms with Crippen LogP contribution in [0.5, 0.6) is 5.75 Å². The molecule has 1 unspecified atom stereocenters. The molecule has 1 aromatic rings. The van der Waals surface area contributed by atoms with Crippen molar-refractivity contribution in [3.63, 3.8) is 0 Å². The Hall–Kier alpha value is -1.06. The number of hydrogen-bond donors (Lipinski definition) is 1. The van der Waals surface area contributed by atoms with Crippen LogP contribution >= 0.6 is 0 Å². The van der Waals surface area contributed by atoms with Crippen molar-refractivity contribution >= 4 is 0 Å². The fraction of sp³-hybridized carbons (Fsp3) is 0.647. The third-order valence-corrected chi connectivity index (χ3v) is 4.67. The highest BCUT2D eigenvalue weighted by Crippen LogP contribution is 2.33. The van der Waals surface area contributed by atoms with Crippen molar-refractivity contribution in [1.82, 2.24) is 4.90 Å². The van der Waals surface area contributed by atoms with E-state index in [2.05, 4.69) is 30.9 Å². The molecule has 1 aliphatic heterocycles. The number of likely N-dealkylation sites (tertiary alicyclic amines) is 1. The van der Waals surface area contributed by atoms with Crippen LogP contribution in [0.3, 0.4) is 0 Å². The van der Waals surface area contributed by atoms with Crippen molar-refractivity contribution in [3.8, 4) is 5.75 Å². The molecule has 1 fully saturated rings. The molecule has 0 radical (unpaired) electrons. The van der Waals surface area contributed by atoms with E-state index in [0.717, 1.165) is 12.3 Å². The molecule has 20 heavy (non-hydrogen) atoms. The predicted octanol–water partition coefficient (Wildman–Crippen LogP) is 2.86. The van der Waals surface area contributed by atoms with Gasteiger partial charge in [-0.25, -0.2) is 0 Å². The molecule has 1 atom stereocenters. The molecule has 0 amide bonds. The summed E-state index contributed by atoms with van der Waals surface area (Å²) in [4.78, 5) is 2.57. The minimum atomic E-state index is 0.482. The van der Waals surface area contributed by atoms with Gasteiger partial charge in [0, 0.05) is 6.04 Å². The van der Waals surface area contributed by atoms with E-state index < -0.39 is 0 Å². The summed E-state index contributed by atoms with van der Waals surface area (Å²) in [6, 6.07) is 9.09. The number of benzene rings is 1. The van der Waals surface area contributed by atoms with Crippen LogP contribution < -0.4 is 10.5 Å². The number of nitrogens with zero attached hydrogens (tertiary/aromatic N) is 1. The van der Waals surface area contributed by atoms with Crippen LogP contribution in [0.25, 0.3) is 0 Å². The number of methoxy groups -OCH3 is 1. The summed E-state index contributed by atoms with van der Waals surface area (Å²) >= 11 is 0. The first kappa shape index (κ1) is 15.3. The zero-order chi connectivity index (χ0) is 14.5. The Morgan fingerprint density at radius 1 is 1.20 bits per heavy atom. The van der Waals surface area contributed by atoms with Gasteiger partial charge in [-0.1, -0.05) is 12.1 Å². The lowest BCUT2D eigenvalue weighted by Crippen LogP contribution is -2.40. The number of nitrogens with two attached hydrogens (primary N) is 1. The zero-order valence-electron chi connectivity index (χ0n) is 13.0. The van der Waals surface area contributed by atoms with Gasteiger partial charge in [0.15, 0.2) is 0 Å². The van der Waals surface area contributed by atoms with Gasteiger partial charge in [-0.3, -0.25) is 0 Å². The molecule has 0 saturated carbocycles. The van der Waals surface area contributed by atoms with Crippen molar-refractivity contribution in [2.24, 2.45) is 11.7 Å². The maximum Gasteiger partial charge on any atom is 0.118 e. The highest BCUT2D eigenvalue weighted by molar-refractivity contribution is 5.30. The maximum atomic E-state index is 6.06. The summed E-state index contributed by atoms with van der Waals surface area (Å²) in [7, 11) is 1.71. The molecule has 2 N–H and O–H groups in total. The molecule has 0 spiro atoms. The summed E-state index contributed by atoms with van der Waals surface area (Å²) < 4.78 is 5.23. The fourth-order valence-electron chi connectivity index (χ4n) is 3.29. The lowest BCUT2D eigenvalue weighted by atomic mass is 9.80. The Kier molecular flexibility index (Phi) is 5.44. The molecule has 1 aliphatic rings. The van der Waals surface area contributed by atoms with Gasteiger partial charge in [-0.15, -0.1) is 0 Å². The summed E-state index contributed by atoms with van der Waals surface area (Å²) in [5.41, 5.74) is 7.41. The SMILES string of the molecule is COc1ccc(C(CN)C2CCN(C(C)C)CC2)cc1. The van der Waals surface area contributed by atoms with E-state index in [-0.39, 0.29) is 0 Å². The van der Waals surface area contributed by atoms with Gasteiger partial charge in [0.05, 0.1) is 7.11 Å². The Morgan fingerprint density at radius 3 is 2.25 bits per heavy atom. The van der Waals surface area contributed by atoms with Crippen LogP contribution in [-0.2, 0) is 0 Å². The molecule has 1 heterocycles. The van der Waals surface area contributed by atoms with Crippen LogP contribution in [0.4, 0.5) is 0 Å². The van der Waals surface area contributed by atoms with Gasteiger partial charge in [0.1, 0.15) is 5.75 Å².